The molecule has 0 atom stereocenters. The quantitative estimate of drug-likeness (QED) is 0.457. The zero-order valence-electron chi connectivity index (χ0n) is 7.83. The molecule has 0 aliphatic rings. The third-order valence-electron chi connectivity index (χ3n) is 1.25. The fourth-order valence-corrected chi connectivity index (χ4v) is 0.699. The summed E-state index contributed by atoms with van der Waals surface area (Å²) in [5, 5.41) is 0. The predicted molar refractivity (Wildman–Crippen MR) is 46.6 cm³/mol. The zero-order valence-corrected chi connectivity index (χ0v) is 7.83. The molecule has 0 aromatic carbocycles. The fraction of sp³-hybridized carbons (Fsp3) is 0.556. The Morgan fingerprint density at radius 3 is 2.69 bits per heavy atom. The summed E-state index contributed by atoms with van der Waals surface area (Å²) in [5.41, 5.74) is -0.861. The molecule has 0 heterocycles. The summed E-state index contributed by atoms with van der Waals surface area (Å²) in [6.45, 7) is 8.06. The third-order valence-corrected chi connectivity index (χ3v) is 1.25. The number of carbonyl (C=O) groups is 1. The molecule has 13 heavy (non-hydrogen) atoms. The van der Waals surface area contributed by atoms with Gasteiger partial charge in [0.15, 0.2) is 0 Å². The molecule has 0 aliphatic carbocycles. The summed E-state index contributed by atoms with van der Waals surface area (Å²) in [7, 11) is 0. The van der Waals surface area contributed by atoms with E-state index in [-0.39, 0.29) is 13.0 Å². The van der Waals surface area contributed by atoms with Gasteiger partial charge in [0, 0.05) is 0 Å². The Labute approximate surface area is 77.5 Å². The Morgan fingerprint density at radius 2 is 2.23 bits per heavy atom. The van der Waals surface area contributed by atoms with Gasteiger partial charge in [-0.1, -0.05) is 12.7 Å². The van der Waals surface area contributed by atoms with Crippen LogP contribution in [0.2, 0.25) is 0 Å². The van der Waals surface area contributed by atoms with Crippen molar-refractivity contribution in [1.82, 2.24) is 0 Å². The minimum absolute atomic E-state index is 0.0100. The molecule has 4 nitrogen and oxygen atoms in total. The third kappa shape index (κ3) is 5.90. The van der Waals surface area contributed by atoms with E-state index in [2.05, 4.69) is 11.3 Å². The maximum Gasteiger partial charge on any atom is 0.418 e. The molecule has 73 valence electrons. The van der Waals surface area contributed by atoms with E-state index >= 15 is 0 Å². The van der Waals surface area contributed by atoms with Crippen molar-refractivity contribution in [3.8, 4) is 0 Å². The summed E-state index contributed by atoms with van der Waals surface area (Å²) < 4.78 is 9.25. The first-order chi connectivity index (χ1) is 6.02. The van der Waals surface area contributed by atoms with Gasteiger partial charge in [0.05, 0.1) is 6.42 Å². The van der Waals surface area contributed by atoms with Crippen LogP contribution in [0.1, 0.15) is 20.3 Å². The number of ether oxygens (including phenoxy) is 2. The molecule has 0 N–H and O–H groups in total. The van der Waals surface area contributed by atoms with Crippen LogP contribution in [-0.2, 0) is 19.1 Å². The summed E-state index contributed by atoms with van der Waals surface area (Å²) in [5.74, 6) is -0.430. The van der Waals surface area contributed by atoms with Gasteiger partial charge in [0.25, 0.3) is 0 Å². The zero-order chi connectivity index (χ0) is 10.3. The van der Waals surface area contributed by atoms with Crippen LogP contribution in [0.3, 0.4) is 0 Å². The summed E-state index contributed by atoms with van der Waals surface area (Å²) in [6, 6.07) is 0. The molecule has 0 rings (SSSR count). The first-order valence-electron chi connectivity index (χ1n) is 3.83. The maximum absolute atomic E-state index is 11.0. The molecule has 0 saturated carbocycles. The maximum atomic E-state index is 11.0. The van der Waals surface area contributed by atoms with Crippen LogP contribution in [0.4, 0.5) is 0 Å². The lowest BCUT2D eigenvalue weighted by Crippen LogP contribution is -2.28. The summed E-state index contributed by atoms with van der Waals surface area (Å²) in [6.07, 6.45) is 1.48. The Kier molecular flexibility index (Phi) is 4.80. The van der Waals surface area contributed by atoms with Crippen molar-refractivity contribution in [2.45, 2.75) is 25.9 Å². The van der Waals surface area contributed by atoms with Crippen LogP contribution in [-0.4, -0.2) is 24.6 Å². The highest BCUT2D eigenvalue weighted by Gasteiger charge is 2.24. The summed E-state index contributed by atoms with van der Waals surface area (Å²) >= 11 is 0. The average molecular weight is 185 g/mol. The van der Waals surface area contributed by atoms with Gasteiger partial charge < -0.3 is 9.47 Å². The van der Waals surface area contributed by atoms with E-state index in [1.54, 1.807) is 13.8 Å². The van der Waals surface area contributed by atoms with Crippen LogP contribution in [0.15, 0.2) is 12.7 Å². The second-order valence-electron chi connectivity index (χ2n) is 3.09. The minimum Gasteiger partial charge on any atom is -0.461 e. The molecule has 0 aromatic rings. The van der Waals surface area contributed by atoms with Crippen molar-refractivity contribution in [1.29, 1.82) is 0 Å². The standard InChI is InChI=1S/C9H13O4/c1-4-5-12-8(11)6-9(2,3)13-7-10/h4H,1,5-6H2,2-3H3. The van der Waals surface area contributed by atoms with Gasteiger partial charge in [-0.3, -0.25) is 4.79 Å². The fourth-order valence-electron chi connectivity index (χ4n) is 0.699. The number of hydrogen-bond donors (Lipinski definition) is 0. The minimum atomic E-state index is -0.861. The first-order valence-corrected chi connectivity index (χ1v) is 3.83. The van der Waals surface area contributed by atoms with Gasteiger partial charge >= 0.3 is 12.4 Å². The van der Waals surface area contributed by atoms with Crippen LogP contribution >= 0.6 is 0 Å². The summed E-state index contributed by atoms with van der Waals surface area (Å²) in [4.78, 5) is 20.9. The van der Waals surface area contributed by atoms with Crippen LogP contribution in [0.5, 0.6) is 0 Å². The van der Waals surface area contributed by atoms with Crippen molar-refractivity contribution in [2.24, 2.45) is 0 Å². The molecular formula is C9H13O4. The first kappa shape index (κ1) is 11.7. The molecule has 0 spiro atoms. The van der Waals surface area contributed by atoms with Crippen molar-refractivity contribution in [2.75, 3.05) is 6.61 Å². The topological polar surface area (TPSA) is 52.6 Å². The Bertz CT molecular complexity index is 196. The lowest BCUT2D eigenvalue weighted by atomic mass is 10.1. The molecule has 0 bridgehead atoms. The number of esters is 1. The van der Waals surface area contributed by atoms with Gasteiger partial charge in [-0.25, -0.2) is 4.79 Å². The second-order valence-corrected chi connectivity index (χ2v) is 3.09. The van der Waals surface area contributed by atoms with E-state index < -0.39 is 11.6 Å². The second kappa shape index (κ2) is 5.35. The smallest absolute Gasteiger partial charge is 0.418 e. The van der Waals surface area contributed by atoms with E-state index in [4.69, 9.17) is 4.74 Å². The SMILES string of the molecule is C=CCOC(=O)CC(C)(C)O[C]=O. The molecule has 0 aliphatic heterocycles. The van der Waals surface area contributed by atoms with Gasteiger partial charge in [-0.15, -0.1) is 0 Å². The molecular weight excluding hydrogens is 172 g/mol. The highest BCUT2D eigenvalue weighted by Crippen LogP contribution is 2.13. The highest BCUT2D eigenvalue weighted by molar-refractivity contribution is 5.70. The molecule has 0 saturated heterocycles. The van der Waals surface area contributed by atoms with E-state index in [0.29, 0.717) is 0 Å². The largest absolute Gasteiger partial charge is 0.461 e. The van der Waals surface area contributed by atoms with Crippen LogP contribution in [0.25, 0.3) is 0 Å². The molecule has 0 unspecified atom stereocenters. The van der Waals surface area contributed by atoms with Crippen LogP contribution < -0.4 is 0 Å². The number of carbonyl (C=O) groups excluding carboxylic acids is 2. The monoisotopic (exact) mass is 185 g/mol. The van der Waals surface area contributed by atoms with Gasteiger partial charge in [-0.2, -0.15) is 0 Å². The predicted octanol–water partition coefficient (Wildman–Crippen LogP) is 0.968. The number of hydrogen-bond acceptors (Lipinski definition) is 4. The van der Waals surface area contributed by atoms with E-state index in [1.165, 1.54) is 12.5 Å². The van der Waals surface area contributed by atoms with E-state index in [0.717, 1.165) is 0 Å². The van der Waals surface area contributed by atoms with E-state index in [9.17, 15) is 9.59 Å². The van der Waals surface area contributed by atoms with Crippen molar-refractivity contribution in [3.63, 3.8) is 0 Å². The van der Waals surface area contributed by atoms with Gasteiger partial charge in [-0.05, 0) is 13.8 Å². The average Bonchev–Trinajstić information content (AvgIpc) is 1.99. The molecule has 0 aromatic heterocycles. The lowest BCUT2D eigenvalue weighted by Gasteiger charge is -2.20. The Hall–Kier alpha value is -1.32. The highest BCUT2D eigenvalue weighted by atomic mass is 16.6. The van der Waals surface area contributed by atoms with E-state index in [1.807, 2.05) is 0 Å². The lowest BCUT2D eigenvalue weighted by molar-refractivity contribution is -0.146. The molecule has 4 heteroatoms. The van der Waals surface area contributed by atoms with Crippen LogP contribution in [0, 0.1) is 0 Å². The van der Waals surface area contributed by atoms with Crippen molar-refractivity contribution in [3.05, 3.63) is 12.7 Å². The van der Waals surface area contributed by atoms with Crippen molar-refractivity contribution >= 4 is 12.4 Å². The van der Waals surface area contributed by atoms with Gasteiger partial charge in [0.1, 0.15) is 12.2 Å². The van der Waals surface area contributed by atoms with Crippen molar-refractivity contribution < 1.29 is 19.1 Å². The normalized spacial score (nSPS) is 10.3. The number of rotatable bonds is 6. The molecule has 0 fully saturated rings. The Balaban J connectivity index is 3.87. The van der Waals surface area contributed by atoms with Gasteiger partial charge in [0.2, 0.25) is 0 Å². The molecule has 1 radical (unpaired) electrons. The molecule has 0 amide bonds. The Morgan fingerprint density at radius 1 is 1.62 bits per heavy atom.